The Kier molecular flexibility index (Phi) is 5.10. The molecule has 0 unspecified atom stereocenters. The van der Waals surface area contributed by atoms with Crippen LogP contribution in [-0.4, -0.2) is 12.5 Å². The minimum atomic E-state index is -0.320. The van der Waals surface area contributed by atoms with Gasteiger partial charge in [-0.25, -0.2) is 4.39 Å². The van der Waals surface area contributed by atoms with E-state index in [2.05, 4.69) is 19.2 Å². The molecule has 1 amide bonds. The summed E-state index contributed by atoms with van der Waals surface area (Å²) in [5.74, 6) is -0.208. The third kappa shape index (κ3) is 4.53. The standard InChI is InChI=1S/C13H19FN2O/c1-9(2)13(16-8-7-12(15)17)10-3-5-11(14)6-4-10/h3-6,9,13,16H,7-8H2,1-2H3,(H2,15,17)/t13-/m1/s1. The van der Waals surface area contributed by atoms with E-state index in [1.54, 1.807) is 12.1 Å². The van der Waals surface area contributed by atoms with E-state index in [0.29, 0.717) is 18.9 Å². The van der Waals surface area contributed by atoms with Crippen molar-refractivity contribution in [3.05, 3.63) is 35.6 Å². The van der Waals surface area contributed by atoms with Crippen molar-refractivity contribution < 1.29 is 9.18 Å². The highest BCUT2D eigenvalue weighted by Crippen LogP contribution is 2.21. The predicted octanol–water partition coefficient (Wildman–Crippen LogP) is 1.99. The van der Waals surface area contributed by atoms with Crippen LogP contribution in [0, 0.1) is 11.7 Å². The summed E-state index contributed by atoms with van der Waals surface area (Å²) in [5.41, 5.74) is 6.10. The number of carbonyl (C=O) groups excluding carboxylic acids is 1. The Labute approximate surface area is 101 Å². The molecule has 0 saturated carbocycles. The molecule has 0 aliphatic heterocycles. The summed E-state index contributed by atoms with van der Waals surface area (Å²) in [6, 6.07) is 6.52. The van der Waals surface area contributed by atoms with Gasteiger partial charge in [0.1, 0.15) is 5.82 Å². The van der Waals surface area contributed by atoms with Gasteiger partial charge in [0.25, 0.3) is 0 Å². The van der Waals surface area contributed by atoms with Gasteiger partial charge in [-0.1, -0.05) is 26.0 Å². The number of amides is 1. The van der Waals surface area contributed by atoms with Gasteiger partial charge in [0, 0.05) is 19.0 Å². The van der Waals surface area contributed by atoms with E-state index < -0.39 is 0 Å². The molecule has 0 aliphatic rings. The zero-order valence-electron chi connectivity index (χ0n) is 10.2. The second-order valence-corrected chi connectivity index (χ2v) is 4.44. The van der Waals surface area contributed by atoms with Gasteiger partial charge in [0.15, 0.2) is 0 Å². The van der Waals surface area contributed by atoms with E-state index in [1.807, 2.05) is 0 Å². The first kappa shape index (κ1) is 13.6. The fourth-order valence-electron chi connectivity index (χ4n) is 1.76. The Balaban J connectivity index is 2.65. The van der Waals surface area contributed by atoms with Crippen LogP contribution in [0.1, 0.15) is 31.9 Å². The maximum Gasteiger partial charge on any atom is 0.218 e. The summed E-state index contributed by atoms with van der Waals surface area (Å²) >= 11 is 0. The molecule has 0 heterocycles. The summed E-state index contributed by atoms with van der Waals surface area (Å²) in [7, 11) is 0. The summed E-state index contributed by atoms with van der Waals surface area (Å²) in [4.78, 5) is 10.7. The number of carbonyl (C=O) groups is 1. The van der Waals surface area contributed by atoms with Crippen LogP contribution in [0.5, 0.6) is 0 Å². The first-order valence-electron chi connectivity index (χ1n) is 5.78. The highest BCUT2D eigenvalue weighted by atomic mass is 19.1. The topological polar surface area (TPSA) is 55.1 Å². The molecule has 94 valence electrons. The van der Waals surface area contributed by atoms with Crippen molar-refractivity contribution in [2.24, 2.45) is 11.7 Å². The lowest BCUT2D eigenvalue weighted by Gasteiger charge is -2.22. The predicted molar refractivity (Wildman–Crippen MR) is 65.8 cm³/mol. The highest BCUT2D eigenvalue weighted by Gasteiger charge is 2.15. The monoisotopic (exact) mass is 238 g/mol. The normalized spacial score (nSPS) is 12.7. The van der Waals surface area contributed by atoms with Crippen molar-refractivity contribution in [1.82, 2.24) is 5.32 Å². The first-order valence-corrected chi connectivity index (χ1v) is 5.78. The Bertz CT molecular complexity index is 362. The smallest absolute Gasteiger partial charge is 0.218 e. The number of hydrogen-bond acceptors (Lipinski definition) is 2. The molecule has 0 aromatic heterocycles. The van der Waals surface area contributed by atoms with E-state index in [1.165, 1.54) is 12.1 Å². The molecule has 0 spiro atoms. The summed E-state index contributed by atoms with van der Waals surface area (Å²) in [5, 5.41) is 3.26. The van der Waals surface area contributed by atoms with Crippen LogP contribution in [0.15, 0.2) is 24.3 Å². The Morgan fingerprint density at radius 3 is 2.41 bits per heavy atom. The third-order valence-corrected chi connectivity index (χ3v) is 2.63. The molecule has 1 aromatic carbocycles. The van der Waals surface area contributed by atoms with Crippen molar-refractivity contribution >= 4 is 5.91 Å². The molecule has 1 aromatic rings. The van der Waals surface area contributed by atoms with E-state index >= 15 is 0 Å². The molecule has 0 aliphatic carbocycles. The number of benzene rings is 1. The Morgan fingerprint density at radius 2 is 1.94 bits per heavy atom. The summed E-state index contributed by atoms with van der Waals surface area (Å²) in [6.45, 7) is 4.69. The van der Waals surface area contributed by atoms with Gasteiger partial charge in [0.05, 0.1) is 0 Å². The van der Waals surface area contributed by atoms with Gasteiger partial charge in [-0.3, -0.25) is 4.79 Å². The molecule has 17 heavy (non-hydrogen) atoms. The second-order valence-electron chi connectivity index (χ2n) is 4.44. The van der Waals surface area contributed by atoms with Crippen LogP contribution in [0.2, 0.25) is 0 Å². The Hall–Kier alpha value is -1.42. The second kappa shape index (κ2) is 6.35. The molecule has 0 fully saturated rings. The molecule has 0 saturated heterocycles. The average Bonchev–Trinajstić information content (AvgIpc) is 2.25. The van der Waals surface area contributed by atoms with Crippen LogP contribution < -0.4 is 11.1 Å². The average molecular weight is 238 g/mol. The highest BCUT2D eigenvalue weighted by molar-refractivity contribution is 5.73. The maximum atomic E-state index is 12.8. The van der Waals surface area contributed by atoms with Crippen molar-refractivity contribution in [2.45, 2.75) is 26.3 Å². The molecule has 3 N–H and O–H groups in total. The fraction of sp³-hybridized carbons (Fsp3) is 0.462. The third-order valence-electron chi connectivity index (χ3n) is 2.63. The van der Waals surface area contributed by atoms with E-state index in [-0.39, 0.29) is 17.8 Å². The summed E-state index contributed by atoms with van der Waals surface area (Å²) < 4.78 is 12.8. The minimum absolute atomic E-state index is 0.106. The number of nitrogens with one attached hydrogen (secondary N) is 1. The zero-order chi connectivity index (χ0) is 12.8. The molecule has 1 rings (SSSR count). The molecular formula is C13H19FN2O. The molecule has 0 bridgehead atoms. The first-order chi connectivity index (χ1) is 8.00. The fourth-order valence-corrected chi connectivity index (χ4v) is 1.76. The lowest BCUT2D eigenvalue weighted by atomic mass is 9.96. The number of hydrogen-bond donors (Lipinski definition) is 2. The van der Waals surface area contributed by atoms with Crippen molar-refractivity contribution in [3.63, 3.8) is 0 Å². The van der Waals surface area contributed by atoms with E-state index in [0.717, 1.165) is 5.56 Å². The van der Waals surface area contributed by atoms with Crippen molar-refractivity contribution in [2.75, 3.05) is 6.54 Å². The van der Waals surface area contributed by atoms with Crippen LogP contribution in [0.4, 0.5) is 4.39 Å². The van der Waals surface area contributed by atoms with Gasteiger partial charge in [-0.05, 0) is 23.6 Å². The van der Waals surface area contributed by atoms with Crippen molar-refractivity contribution in [3.8, 4) is 0 Å². The van der Waals surface area contributed by atoms with Gasteiger partial charge >= 0.3 is 0 Å². The molecular weight excluding hydrogens is 219 g/mol. The quantitative estimate of drug-likeness (QED) is 0.796. The van der Waals surface area contributed by atoms with Crippen LogP contribution >= 0.6 is 0 Å². The number of rotatable bonds is 6. The lowest BCUT2D eigenvalue weighted by Crippen LogP contribution is -2.29. The Morgan fingerprint density at radius 1 is 1.35 bits per heavy atom. The number of nitrogens with two attached hydrogens (primary N) is 1. The van der Waals surface area contributed by atoms with E-state index in [4.69, 9.17) is 5.73 Å². The minimum Gasteiger partial charge on any atom is -0.370 e. The lowest BCUT2D eigenvalue weighted by molar-refractivity contribution is -0.117. The SMILES string of the molecule is CC(C)[C@@H](NCCC(N)=O)c1ccc(F)cc1. The molecule has 3 nitrogen and oxygen atoms in total. The summed E-state index contributed by atoms with van der Waals surface area (Å²) in [6.07, 6.45) is 0.310. The van der Waals surface area contributed by atoms with Gasteiger partial charge in [-0.15, -0.1) is 0 Å². The zero-order valence-corrected chi connectivity index (χ0v) is 10.2. The molecule has 4 heteroatoms. The maximum absolute atomic E-state index is 12.8. The van der Waals surface area contributed by atoms with Crippen molar-refractivity contribution in [1.29, 1.82) is 0 Å². The van der Waals surface area contributed by atoms with Gasteiger partial charge < -0.3 is 11.1 Å². The largest absolute Gasteiger partial charge is 0.370 e. The van der Waals surface area contributed by atoms with Gasteiger partial charge in [-0.2, -0.15) is 0 Å². The number of primary amides is 1. The van der Waals surface area contributed by atoms with Crippen LogP contribution in [-0.2, 0) is 4.79 Å². The van der Waals surface area contributed by atoms with Crippen LogP contribution in [0.25, 0.3) is 0 Å². The molecule has 1 atom stereocenters. The molecule has 0 radical (unpaired) electrons. The van der Waals surface area contributed by atoms with Gasteiger partial charge in [0.2, 0.25) is 5.91 Å². The van der Waals surface area contributed by atoms with E-state index in [9.17, 15) is 9.18 Å². The number of halogens is 1. The van der Waals surface area contributed by atoms with Crippen LogP contribution in [0.3, 0.4) is 0 Å².